The molecular formula is C15H17NO6. The van der Waals surface area contributed by atoms with Gasteiger partial charge in [0.05, 0.1) is 25.0 Å². The van der Waals surface area contributed by atoms with Crippen molar-refractivity contribution in [2.75, 3.05) is 20.0 Å². The van der Waals surface area contributed by atoms with E-state index in [1.165, 1.54) is 0 Å². The molecule has 0 aromatic heterocycles. The molecule has 3 rings (SSSR count). The van der Waals surface area contributed by atoms with Crippen molar-refractivity contribution >= 4 is 11.9 Å². The summed E-state index contributed by atoms with van der Waals surface area (Å²) in [6.45, 7) is 0.869. The summed E-state index contributed by atoms with van der Waals surface area (Å²) in [6, 6.07) is 5.32. The molecule has 2 N–H and O–H groups in total. The lowest BCUT2D eigenvalue weighted by atomic mass is 9.94. The molecule has 2 aliphatic rings. The van der Waals surface area contributed by atoms with Crippen LogP contribution in [0.5, 0.6) is 11.5 Å². The maximum atomic E-state index is 12.2. The fourth-order valence-corrected chi connectivity index (χ4v) is 2.76. The lowest BCUT2D eigenvalue weighted by molar-refractivity contribution is -0.139. The number of carboxylic acid groups (broad SMARTS) is 1. The second-order valence-electron chi connectivity index (χ2n) is 5.57. The third-order valence-electron chi connectivity index (χ3n) is 3.80. The van der Waals surface area contributed by atoms with Gasteiger partial charge < -0.3 is 24.6 Å². The Morgan fingerprint density at radius 2 is 2.09 bits per heavy atom. The van der Waals surface area contributed by atoms with Crippen LogP contribution in [-0.2, 0) is 20.7 Å². The Hall–Kier alpha value is -2.28. The van der Waals surface area contributed by atoms with Crippen LogP contribution in [0.25, 0.3) is 0 Å². The van der Waals surface area contributed by atoms with Crippen LogP contribution in [0.3, 0.4) is 0 Å². The average molecular weight is 307 g/mol. The Kier molecular flexibility index (Phi) is 3.89. The molecule has 7 heteroatoms. The van der Waals surface area contributed by atoms with E-state index >= 15 is 0 Å². The van der Waals surface area contributed by atoms with E-state index in [1.54, 1.807) is 18.2 Å². The van der Waals surface area contributed by atoms with Crippen molar-refractivity contribution in [1.29, 1.82) is 0 Å². The zero-order valence-electron chi connectivity index (χ0n) is 12.0. The Labute approximate surface area is 127 Å². The Bertz CT molecular complexity index is 594. The van der Waals surface area contributed by atoms with E-state index in [9.17, 15) is 9.59 Å². The SMILES string of the molecule is O=C(O)CC1(NC(=O)Cc2ccc3c(c2)OCO3)CCOC1. The number of hydrogen-bond acceptors (Lipinski definition) is 5. The molecule has 0 saturated carbocycles. The first-order valence-corrected chi connectivity index (χ1v) is 7.05. The molecule has 0 spiro atoms. The smallest absolute Gasteiger partial charge is 0.305 e. The Morgan fingerprint density at radius 1 is 1.27 bits per heavy atom. The van der Waals surface area contributed by atoms with E-state index < -0.39 is 11.5 Å². The largest absolute Gasteiger partial charge is 0.481 e. The number of carbonyl (C=O) groups excluding carboxylic acids is 1. The molecule has 7 nitrogen and oxygen atoms in total. The molecule has 2 aliphatic heterocycles. The first-order valence-electron chi connectivity index (χ1n) is 7.05. The summed E-state index contributed by atoms with van der Waals surface area (Å²) in [7, 11) is 0. The number of amides is 1. The van der Waals surface area contributed by atoms with Gasteiger partial charge in [-0.15, -0.1) is 0 Å². The molecule has 0 radical (unpaired) electrons. The number of fused-ring (bicyclic) bond motifs is 1. The van der Waals surface area contributed by atoms with Gasteiger partial charge in [0.15, 0.2) is 11.5 Å². The molecule has 1 saturated heterocycles. The Morgan fingerprint density at radius 3 is 2.82 bits per heavy atom. The number of benzene rings is 1. The van der Waals surface area contributed by atoms with E-state index in [1.807, 2.05) is 0 Å². The summed E-state index contributed by atoms with van der Waals surface area (Å²) in [6.07, 6.45) is 0.518. The van der Waals surface area contributed by atoms with Crippen molar-refractivity contribution in [3.05, 3.63) is 23.8 Å². The molecule has 1 atom stereocenters. The highest BCUT2D eigenvalue weighted by molar-refractivity contribution is 5.81. The lowest BCUT2D eigenvalue weighted by Crippen LogP contribution is -2.51. The number of aliphatic carboxylic acids is 1. The zero-order chi connectivity index (χ0) is 15.6. The standard InChI is InChI=1S/C15H17NO6/c17-13(16-15(7-14(18)19)3-4-20-8-15)6-10-1-2-11-12(5-10)22-9-21-11/h1-2,5H,3-4,6-9H2,(H,16,17)(H,18,19). The first kappa shape index (κ1) is 14.6. The minimum absolute atomic E-state index is 0.139. The van der Waals surface area contributed by atoms with E-state index in [0.29, 0.717) is 24.5 Å². The fraction of sp³-hybridized carbons (Fsp3) is 0.467. The highest BCUT2D eigenvalue weighted by atomic mass is 16.7. The summed E-state index contributed by atoms with van der Waals surface area (Å²) in [5.74, 6) is 0.102. The van der Waals surface area contributed by atoms with Gasteiger partial charge in [-0.1, -0.05) is 6.07 Å². The van der Waals surface area contributed by atoms with Crippen molar-refractivity contribution in [3.63, 3.8) is 0 Å². The van der Waals surface area contributed by atoms with Crippen LogP contribution in [0.1, 0.15) is 18.4 Å². The first-order chi connectivity index (χ1) is 10.6. The molecule has 1 amide bonds. The third-order valence-corrected chi connectivity index (χ3v) is 3.80. The molecule has 1 fully saturated rings. The maximum Gasteiger partial charge on any atom is 0.305 e. The number of carbonyl (C=O) groups is 2. The van der Waals surface area contributed by atoms with Gasteiger partial charge in [0.25, 0.3) is 0 Å². The normalized spacial score (nSPS) is 22.5. The molecule has 22 heavy (non-hydrogen) atoms. The van der Waals surface area contributed by atoms with Crippen molar-refractivity contribution in [3.8, 4) is 11.5 Å². The summed E-state index contributed by atoms with van der Waals surface area (Å²) < 4.78 is 15.8. The lowest BCUT2D eigenvalue weighted by Gasteiger charge is -2.27. The third kappa shape index (κ3) is 3.14. The number of rotatable bonds is 5. The number of ether oxygens (including phenoxy) is 3. The van der Waals surface area contributed by atoms with E-state index in [-0.39, 0.29) is 32.1 Å². The van der Waals surface area contributed by atoms with E-state index in [2.05, 4.69) is 5.32 Å². The van der Waals surface area contributed by atoms with Gasteiger partial charge in [0.1, 0.15) is 0 Å². The molecule has 2 heterocycles. The minimum Gasteiger partial charge on any atom is -0.481 e. The monoisotopic (exact) mass is 307 g/mol. The van der Waals surface area contributed by atoms with Crippen LogP contribution in [-0.4, -0.2) is 42.5 Å². The van der Waals surface area contributed by atoms with Crippen LogP contribution >= 0.6 is 0 Å². The Balaban J connectivity index is 1.65. The molecule has 0 aliphatic carbocycles. The van der Waals surface area contributed by atoms with Gasteiger partial charge >= 0.3 is 5.97 Å². The van der Waals surface area contributed by atoms with Gasteiger partial charge in [-0.2, -0.15) is 0 Å². The van der Waals surface area contributed by atoms with Crippen LogP contribution in [0, 0.1) is 0 Å². The second-order valence-corrected chi connectivity index (χ2v) is 5.57. The molecule has 0 bridgehead atoms. The van der Waals surface area contributed by atoms with Gasteiger partial charge in [-0.25, -0.2) is 0 Å². The summed E-state index contributed by atoms with van der Waals surface area (Å²) >= 11 is 0. The van der Waals surface area contributed by atoms with E-state index in [0.717, 1.165) is 5.56 Å². The van der Waals surface area contributed by atoms with Crippen molar-refractivity contribution in [2.24, 2.45) is 0 Å². The maximum absolute atomic E-state index is 12.2. The van der Waals surface area contributed by atoms with Crippen molar-refractivity contribution in [2.45, 2.75) is 24.8 Å². The highest BCUT2D eigenvalue weighted by Crippen LogP contribution is 2.32. The minimum atomic E-state index is -0.950. The second kappa shape index (κ2) is 5.84. The summed E-state index contributed by atoms with van der Waals surface area (Å²) in [5, 5.41) is 11.8. The average Bonchev–Trinajstić information content (AvgIpc) is 3.06. The fourth-order valence-electron chi connectivity index (χ4n) is 2.76. The number of nitrogens with one attached hydrogen (secondary N) is 1. The molecule has 118 valence electrons. The van der Waals surface area contributed by atoms with Gasteiger partial charge in [0.2, 0.25) is 12.7 Å². The van der Waals surface area contributed by atoms with Gasteiger partial charge in [0, 0.05) is 6.61 Å². The quantitative estimate of drug-likeness (QED) is 0.832. The van der Waals surface area contributed by atoms with Crippen LogP contribution in [0.15, 0.2) is 18.2 Å². The van der Waals surface area contributed by atoms with Crippen molar-refractivity contribution < 1.29 is 28.9 Å². The molecule has 1 aromatic carbocycles. The summed E-state index contributed by atoms with van der Waals surface area (Å²) in [4.78, 5) is 23.2. The van der Waals surface area contributed by atoms with Crippen LogP contribution < -0.4 is 14.8 Å². The number of hydrogen-bond donors (Lipinski definition) is 2. The van der Waals surface area contributed by atoms with Gasteiger partial charge in [-0.3, -0.25) is 9.59 Å². The zero-order valence-corrected chi connectivity index (χ0v) is 12.0. The number of carboxylic acids is 1. The predicted octanol–water partition coefficient (Wildman–Crippen LogP) is 0.708. The van der Waals surface area contributed by atoms with Crippen LogP contribution in [0.4, 0.5) is 0 Å². The topological polar surface area (TPSA) is 94.1 Å². The molecular weight excluding hydrogens is 290 g/mol. The molecule has 1 unspecified atom stereocenters. The van der Waals surface area contributed by atoms with Crippen LogP contribution in [0.2, 0.25) is 0 Å². The highest BCUT2D eigenvalue weighted by Gasteiger charge is 2.38. The van der Waals surface area contributed by atoms with Crippen molar-refractivity contribution in [1.82, 2.24) is 5.32 Å². The van der Waals surface area contributed by atoms with E-state index in [4.69, 9.17) is 19.3 Å². The molecule has 1 aromatic rings. The summed E-state index contributed by atoms with van der Waals surface area (Å²) in [5.41, 5.74) is -0.0228. The van der Waals surface area contributed by atoms with Gasteiger partial charge in [-0.05, 0) is 24.1 Å². The predicted molar refractivity (Wildman–Crippen MR) is 74.8 cm³/mol.